The molecule has 2 aromatic rings. The van der Waals surface area contributed by atoms with E-state index >= 15 is 0 Å². The van der Waals surface area contributed by atoms with Gasteiger partial charge in [0.1, 0.15) is 6.04 Å². The maximum Gasteiger partial charge on any atom is 0.339 e. The predicted molar refractivity (Wildman–Crippen MR) is 113 cm³/mol. The molecule has 0 spiro atoms. The van der Waals surface area contributed by atoms with E-state index in [1.807, 2.05) is 6.07 Å². The van der Waals surface area contributed by atoms with Crippen molar-refractivity contribution < 1.29 is 19.1 Å². The Balaban J connectivity index is 1.60. The van der Waals surface area contributed by atoms with Gasteiger partial charge in [-0.3, -0.25) is 14.9 Å². The van der Waals surface area contributed by atoms with Crippen LogP contribution in [-0.2, 0) is 14.3 Å². The highest BCUT2D eigenvalue weighted by molar-refractivity contribution is 6.33. The monoisotopic (exact) mass is 427 g/mol. The van der Waals surface area contributed by atoms with Crippen LogP contribution in [0.25, 0.3) is 0 Å². The summed E-state index contributed by atoms with van der Waals surface area (Å²) in [5.41, 5.74) is 3.80. The Labute approximate surface area is 177 Å². The summed E-state index contributed by atoms with van der Waals surface area (Å²) in [5, 5.41) is 9.63. The van der Waals surface area contributed by atoms with Crippen LogP contribution in [0.1, 0.15) is 22.3 Å². The van der Waals surface area contributed by atoms with Crippen LogP contribution < -0.4 is 16.1 Å². The van der Waals surface area contributed by atoms with Crippen LogP contribution in [0.2, 0.25) is 5.02 Å². The fraction of sp³-hybridized carbons (Fsp3) is 0.150. The van der Waals surface area contributed by atoms with Crippen molar-refractivity contribution in [1.82, 2.24) is 10.7 Å². The van der Waals surface area contributed by atoms with Gasteiger partial charge in [0.05, 0.1) is 31.0 Å². The lowest BCUT2D eigenvalue weighted by atomic mass is 10.1. The summed E-state index contributed by atoms with van der Waals surface area (Å²) in [7, 11) is 1.25. The van der Waals surface area contributed by atoms with Gasteiger partial charge in [0.2, 0.25) is 11.9 Å². The number of nitrogens with one attached hydrogen (secondary N) is 3. The number of carbonyl (C=O) groups excluding carboxylic acids is 3. The van der Waals surface area contributed by atoms with Crippen molar-refractivity contribution in [1.29, 1.82) is 0 Å². The van der Waals surface area contributed by atoms with Crippen LogP contribution in [0.15, 0.2) is 58.6 Å². The number of esters is 1. The van der Waals surface area contributed by atoms with Crippen molar-refractivity contribution in [3.8, 4) is 0 Å². The molecule has 0 unspecified atom stereocenters. The topological polar surface area (TPSA) is 121 Å². The zero-order valence-electron chi connectivity index (χ0n) is 15.9. The molecule has 0 bridgehead atoms. The lowest BCUT2D eigenvalue weighted by molar-refractivity contribution is -0.123. The molecule has 3 N–H and O–H groups in total. The smallest absolute Gasteiger partial charge is 0.339 e. The van der Waals surface area contributed by atoms with Crippen LogP contribution in [-0.4, -0.2) is 43.1 Å². The Morgan fingerprint density at radius 1 is 1.23 bits per heavy atom. The van der Waals surface area contributed by atoms with E-state index in [9.17, 15) is 14.4 Å². The second-order valence-electron chi connectivity index (χ2n) is 6.16. The largest absolute Gasteiger partial charge is 0.465 e. The Morgan fingerprint density at radius 2 is 1.97 bits per heavy atom. The van der Waals surface area contributed by atoms with E-state index in [2.05, 4.69) is 26.2 Å². The Morgan fingerprint density at radius 3 is 2.73 bits per heavy atom. The maximum absolute atomic E-state index is 12.3. The summed E-state index contributed by atoms with van der Waals surface area (Å²) in [5.74, 6) is -1.38. The molecule has 1 atom stereocenters. The average Bonchev–Trinajstić information content (AvgIpc) is 3.08. The number of amides is 2. The summed E-state index contributed by atoms with van der Waals surface area (Å²) in [6.07, 6.45) is 1.28. The highest BCUT2D eigenvalue weighted by atomic mass is 35.5. The number of para-hydroxylation sites is 1. The highest BCUT2D eigenvalue weighted by Crippen LogP contribution is 2.17. The molecule has 9 nitrogen and oxygen atoms in total. The molecule has 10 heteroatoms. The molecule has 0 saturated heterocycles. The molecule has 1 aliphatic rings. The molecule has 30 heavy (non-hydrogen) atoms. The number of methoxy groups -OCH3 is 1. The number of rotatable bonds is 6. The molecular formula is C20H18ClN5O4. The van der Waals surface area contributed by atoms with Gasteiger partial charge in [0, 0.05) is 10.6 Å². The van der Waals surface area contributed by atoms with Gasteiger partial charge in [-0.1, -0.05) is 41.9 Å². The molecule has 0 radical (unpaired) electrons. The van der Waals surface area contributed by atoms with E-state index in [0.29, 0.717) is 16.3 Å². The number of hydrogen-bond donors (Lipinski definition) is 3. The highest BCUT2D eigenvalue weighted by Gasteiger charge is 2.29. The number of aliphatic imine (C=N–C) groups is 1. The predicted octanol–water partition coefficient (Wildman–Crippen LogP) is 1.93. The molecular weight excluding hydrogens is 410 g/mol. The first kappa shape index (κ1) is 21.0. The number of hydrogen-bond acceptors (Lipinski definition) is 7. The molecule has 2 aromatic carbocycles. The number of halogens is 1. The van der Waals surface area contributed by atoms with Gasteiger partial charge in [-0.15, -0.1) is 0 Å². The van der Waals surface area contributed by atoms with Crippen molar-refractivity contribution in [3.63, 3.8) is 0 Å². The minimum Gasteiger partial charge on any atom is -0.465 e. The molecule has 154 valence electrons. The third-order valence-electron chi connectivity index (χ3n) is 4.09. The van der Waals surface area contributed by atoms with E-state index in [4.69, 9.17) is 16.3 Å². The minimum absolute atomic E-state index is 0.121. The van der Waals surface area contributed by atoms with E-state index in [1.54, 1.807) is 36.4 Å². The quantitative estimate of drug-likeness (QED) is 0.369. The fourth-order valence-electron chi connectivity index (χ4n) is 2.64. The van der Waals surface area contributed by atoms with E-state index in [1.165, 1.54) is 19.4 Å². The zero-order chi connectivity index (χ0) is 21.5. The number of anilines is 1. The third kappa shape index (κ3) is 5.21. The SMILES string of the molecule is COC(=O)c1ccccc1NC(=O)C[C@H]1N=C(N/N=C\c2ccccc2Cl)NC1=O. The van der Waals surface area contributed by atoms with Crippen molar-refractivity contribution >= 4 is 47.2 Å². The molecule has 3 rings (SSSR count). The van der Waals surface area contributed by atoms with Crippen molar-refractivity contribution in [2.24, 2.45) is 10.1 Å². The molecule has 1 heterocycles. The van der Waals surface area contributed by atoms with Crippen LogP contribution in [0.5, 0.6) is 0 Å². The van der Waals surface area contributed by atoms with Crippen LogP contribution in [0.4, 0.5) is 5.69 Å². The van der Waals surface area contributed by atoms with Crippen molar-refractivity contribution in [2.75, 3.05) is 12.4 Å². The number of nitrogens with zero attached hydrogens (tertiary/aromatic N) is 2. The summed E-state index contributed by atoms with van der Waals surface area (Å²) >= 11 is 6.04. The summed E-state index contributed by atoms with van der Waals surface area (Å²) in [4.78, 5) is 40.3. The Hall–Kier alpha value is -3.72. The average molecular weight is 428 g/mol. The Kier molecular flexibility index (Phi) is 6.76. The summed E-state index contributed by atoms with van der Waals surface area (Å²) in [6, 6.07) is 12.6. The molecule has 2 amide bonds. The van der Waals surface area contributed by atoms with Crippen molar-refractivity contribution in [2.45, 2.75) is 12.5 Å². The first-order valence-electron chi connectivity index (χ1n) is 8.87. The van der Waals surface area contributed by atoms with Crippen LogP contribution in [0.3, 0.4) is 0 Å². The molecule has 0 fully saturated rings. The fourth-order valence-corrected chi connectivity index (χ4v) is 2.83. The molecule has 0 saturated carbocycles. The van der Waals surface area contributed by atoms with Gasteiger partial charge >= 0.3 is 5.97 Å². The second kappa shape index (κ2) is 9.66. The number of benzene rings is 2. The zero-order valence-corrected chi connectivity index (χ0v) is 16.6. The Bertz CT molecular complexity index is 1040. The number of guanidine groups is 1. The number of ether oxygens (including phenoxy) is 1. The third-order valence-corrected chi connectivity index (χ3v) is 4.44. The normalized spacial score (nSPS) is 15.5. The lowest BCUT2D eigenvalue weighted by Gasteiger charge is -2.10. The summed E-state index contributed by atoms with van der Waals surface area (Å²) < 4.78 is 4.69. The number of carbonyl (C=O) groups is 3. The standard InChI is InChI=1S/C20H18ClN5O4/c1-30-19(29)13-7-3-5-9-15(13)23-17(27)10-16-18(28)25-20(24-16)26-22-11-12-6-2-4-8-14(12)21/h2-9,11,16H,10H2,1H3,(H,23,27)(H2,24,25,26,28)/b22-11-/t16-/m1/s1. The van der Waals surface area contributed by atoms with E-state index in [-0.39, 0.29) is 17.9 Å². The van der Waals surface area contributed by atoms with E-state index in [0.717, 1.165) is 0 Å². The second-order valence-corrected chi connectivity index (χ2v) is 6.57. The van der Waals surface area contributed by atoms with Crippen LogP contribution in [0, 0.1) is 0 Å². The van der Waals surface area contributed by atoms with Gasteiger partial charge in [-0.05, 0) is 18.2 Å². The lowest BCUT2D eigenvalue weighted by Crippen LogP contribution is -2.35. The van der Waals surface area contributed by atoms with Crippen LogP contribution >= 0.6 is 11.6 Å². The van der Waals surface area contributed by atoms with Gasteiger partial charge in [-0.2, -0.15) is 5.10 Å². The first-order valence-corrected chi connectivity index (χ1v) is 9.25. The van der Waals surface area contributed by atoms with Gasteiger partial charge in [-0.25, -0.2) is 15.2 Å². The maximum atomic E-state index is 12.3. The molecule has 1 aliphatic heterocycles. The van der Waals surface area contributed by atoms with Gasteiger partial charge in [0.25, 0.3) is 5.91 Å². The first-order chi connectivity index (χ1) is 14.5. The summed E-state index contributed by atoms with van der Waals surface area (Å²) in [6.45, 7) is 0. The van der Waals surface area contributed by atoms with Gasteiger partial charge in [0.15, 0.2) is 0 Å². The molecule has 0 aliphatic carbocycles. The van der Waals surface area contributed by atoms with E-state index < -0.39 is 23.8 Å². The molecule has 0 aromatic heterocycles. The van der Waals surface area contributed by atoms with Crippen molar-refractivity contribution in [3.05, 3.63) is 64.7 Å². The number of hydrazone groups is 1. The minimum atomic E-state index is -0.923. The van der Waals surface area contributed by atoms with Gasteiger partial charge < -0.3 is 10.1 Å².